The highest BCUT2D eigenvalue weighted by molar-refractivity contribution is 5.84. The number of likely N-dealkylation sites (N-methyl/N-ethyl adjacent to an activating group) is 1. The molecular weight excluding hydrogens is 1290 g/mol. The van der Waals surface area contributed by atoms with Gasteiger partial charge in [0.15, 0.2) is 0 Å². The number of nitrogens with zero attached hydrogens (tertiary/aromatic N) is 12. The average molecular weight is 1420 g/mol. The first-order valence-electron chi connectivity index (χ1n) is 36.3. The first-order chi connectivity index (χ1) is 47.8. The van der Waals surface area contributed by atoms with Gasteiger partial charge in [0, 0.05) is 279 Å². The molecular formula is C68H133N19O13. The molecule has 0 aliphatic carbocycles. The number of ether oxygens (including phenoxy) is 2. The molecule has 6 fully saturated rings. The summed E-state index contributed by atoms with van der Waals surface area (Å²) in [6.07, 6.45) is 4.92. The number of carbonyl (C=O) groups is 11. The van der Waals surface area contributed by atoms with E-state index >= 15 is 0 Å². The number of rotatable bonds is 30. The molecule has 0 aromatic heterocycles. The predicted octanol–water partition coefficient (Wildman–Crippen LogP) is -3.40. The van der Waals surface area contributed by atoms with Gasteiger partial charge in [0.25, 0.3) is 0 Å². The summed E-state index contributed by atoms with van der Waals surface area (Å²) in [4.78, 5) is 146. The average Bonchev–Trinajstić information content (AvgIpc) is 0.946. The van der Waals surface area contributed by atoms with Crippen molar-refractivity contribution < 1.29 is 62.2 Å². The number of piperazine rings is 6. The topological polar surface area (TPSA) is 329 Å². The van der Waals surface area contributed by atoms with Gasteiger partial charge in [-0.3, -0.25) is 67.4 Å². The fourth-order valence-corrected chi connectivity index (χ4v) is 11.3. The first-order valence-corrected chi connectivity index (χ1v) is 36.3. The molecule has 6 saturated heterocycles. The van der Waals surface area contributed by atoms with Crippen LogP contribution in [-0.2, 0) is 62.2 Å². The Morgan fingerprint density at radius 2 is 0.580 bits per heavy atom. The molecule has 578 valence electrons. The van der Waals surface area contributed by atoms with E-state index in [1.54, 1.807) is 68.3 Å². The zero-order valence-electron chi connectivity index (χ0n) is 63.5. The number of esters is 1. The fraction of sp³-hybridized carbons (Fsp3) is 0.838. The minimum absolute atomic E-state index is 0.0115. The quantitative estimate of drug-likeness (QED) is 0.0272. The SMILES string of the molecule is CC(=O)N1CCN(C(C)=O)CC1.CC(=O)NCCCN1CCN(CCCNC(C)=O)CC1.CC(=O)NCCN1CCN(C(C)=O)CC1.CNC(=O)CCC(=O)N1CCN(C(C)=O)CC1.CNCCCN1CCN(CCOC(C)=O)CC1.CNCCCN1CCN(CCOCC(=O)NC)CC1. The van der Waals surface area contributed by atoms with Gasteiger partial charge in [-0.15, -0.1) is 0 Å². The van der Waals surface area contributed by atoms with Crippen LogP contribution in [0.4, 0.5) is 0 Å². The van der Waals surface area contributed by atoms with Crippen molar-refractivity contribution in [2.45, 2.75) is 93.9 Å². The second kappa shape index (κ2) is 57.3. The van der Waals surface area contributed by atoms with E-state index in [9.17, 15) is 52.7 Å². The maximum Gasteiger partial charge on any atom is 0.302 e. The lowest BCUT2D eigenvalue weighted by molar-refractivity contribution is -0.141. The lowest BCUT2D eigenvalue weighted by atomic mass is 10.2. The summed E-state index contributed by atoms with van der Waals surface area (Å²) in [6.45, 7) is 46.9. The van der Waals surface area contributed by atoms with Crippen LogP contribution in [0.1, 0.15) is 93.9 Å². The van der Waals surface area contributed by atoms with E-state index in [2.05, 4.69) is 71.5 Å². The summed E-state index contributed by atoms with van der Waals surface area (Å²) in [5, 5.41) is 19.8. The molecule has 0 saturated carbocycles. The van der Waals surface area contributed by atoms with Crippen molar-refractivity contribution >= 4 is 65.0 Å². The highest BCUT2D eigenvalue weighted by Gasteiger charge is 2.24. The van der Waals surface area contributed by atoms with Crippen molar-refractivity contribution in [1.29, 1.82) is 0 Å². The Morgan fingerprint density at radius 3 is 0.890 bits per heavy atom. The van der Waals surface area contributed by atoms with Crippen molar-refractivity contribution in [3.8, 4) is 0 Å². The minimum Gasteiger partial charge on any atom is -0.465 e. The van der Waals surface area contributed by atoms with Crippen LogP contribution < -0.4 is 37.2 Å². The zero-order chi connectivity index (χ0) is 74.5. The van der Waals surface area contributed by atoms with Gasteiger partial charge in [0.2, 0.25) is 59.1 Å². The summed E-state index contributed by atoms with van der Waals surface area (Å²) in [6, 6.07) is 0. The van der Waals surface area contributed by atoms with Crippen molar-refractivity contribution in [1.82, 2.24) is 96.0 Å². The van der Waals surface area contributed by atoms with E-state index in [0.717, 1.165) is 176 Å². The van der Waals surface area contributed by atoms with Crippen molar-refractivity contribution in [3.63, 3.8) is 0 Å². The van der Waals surface area contributed by atoms with Gasteiger partial charge in [-0.2, -0.15) is 0 Å². The molecule has 7 N–H and O–H groups in total. The van der Waals surface area contributed by atoms with Crippen LogP contribution in [-0.4, -0.2) is 407 Å². The summed E-state index contributed by atoms with van der Waals surface area (Å²) in [7, 11) is 7.17. The smallest absolute Gasteiger partial charge is 0.302 e. The molecule has 32 heteroatoms. The van der Waals surface area contributed by atoms with Crippen LogP contribution in [0.5, 0.6) is 0 Å². The molecule has 6 heterocycles. The van der Waals surface area contributed by atoms with Crippen LogP contribution in [0.2, 0.25) is 0 Å². The summed E-state index contributed by atoms with van der Waals surface area (Å²) in [5.41, 5.74) is 0. The van der Waals surface area contributed by atoms with Gasteiger partial charge < -0.3 is 90.8 Å². The Kier molecular flexibility index (Phi) is 52.6. The molecule has 0 spiro atoms. The first kappa shape index (κ1) is 91.8. The third-order valence-electron chi connectivity index (χ3n) is 17.7. The van der Waals surface area contributed by atoms with E-state index in [1.807, 2.05) is 19.0 Å². The third kappa shape index (κ3) is 47.8. The monoisotopic (exact) mass is 1420 g/mol. The van der Waals surface area contributed by atoms with Gasteiger partial charge >= 0.3 is 5.97 Å². The van der Waals surface area contributed by atoms with Crippen LogP contribution in [0.3, 0.4) is 0 Å². The lowest BCUT2D eigenvalue weighted by Gasteiger charge is -2.34. The molecule has 6 rings (SSSR count). The largest absolute Gasteiger partial charge is 0.465 e. The van der Waals surface area contributed by atoms with Gasteiger partial charge in [-0.25, -0.2) is 0 Å². The molecule has 0 atom stereocenters. The number of nitrogens with one attached hydrogen (secondary N) is 7. The molecule has 0 aromatic carbocycles. The molecule has 0 bridgehead atoms. The molecule has 0 radical (unpaired) electrons. The third-order valence-corrected chi connectivity index (χ3v) is 17.7. The van der Waals surface area contributed by atoms with E-state index in [1.165, 1.54) is 46.7 Å². The maximum atomic E-state index is 11.7. The lowest BCUT2D eigenvalue weighted by Crippen LogP contribution is -2.50. The van der Waals surface area contributed by atoms with Crippen LogP contribution in [0.25, 0.3) is 0 Å². The van der Waals surface area contributed by atoms with Gasteiger partial charge in [-0.1, -0.05) is 0 Å². The summed E-state index contributed by atoms with van der Waals surface area (Å²) >= 11 is 0. The zero-order valence-corrected chi connectivity index (χ0v) is 63.5. The van der Waals surface area contributed by atoms with Gasteiger partial charge in [0.05, 0.1) is 6.61 Å². The summed E-state index contributed by atoms with van der Waals surface area (Å²) < 4.78 is 10.3. The normalized spacial score (nSPS) is 17.3. The molecule has 0 unspecified atom stereocenters. The predicted molar refractivity (Wildman–Crippen MR) is 388 cm³/mol. The minimum atomic E-state index is -0.185. The Balaban J connectivity index is 0.000000604. The van der Waals surface area contributed by atoms with Gasteiger partial charge in [0.1, 0.15) is 13.2 Å². The van der Waals surface area contributed by atoms with E-state index in [4.69, 9.17) is 9.47 Å². The second-order valence-electron chi connectivity index (χ2n) is 25.6. The number of amides is 10. The maximum absolute atomic E-state index is 11.7. The van der Waals surface area contributed by atoms with Crippen molar-refractivity contribution in [3.05, 3.63) is 0 Å². The Hall–Kier alpha value is -6.23. The van der Waals surface area contributed by atoms with E-state index in [-0.39, 0.29) is 84.5 Å². The Labute approximate surface area is 598 Å². The molecule has 10 amide bonds. The standard InChI is InChI=1S/C14H28N4O2.C13H28N4O2.C12H25N3O2.C11H19N3O3.C10H19N3O2.C8H14N2O2/c1-13(19)15-5-3-7-17-9-11-18(12-10-17)8-4-6-16-14(2)20;1-14-4-3-5-16-6-8-17(9-7-16)10-11-19-12-13(18)15-2;1-12(16)17-11-10-15-8-6-14(7-9-15)5-3-4-13-2;1-9(15)13-5-7-14(8-6-13)11(17)4-3-10(16)12-2;1-9(14)11-3-4-12-5-7-13(8-6-12)10(2)15;1-7(11)9-3-5-10(6-4-9)8(2)12/h3-12H2,1-2H3,(H,15,19)(H,16,20);14H,3-12H2,1-2H3,(H,15,18);13H,3-11H2,1-2H3;3-8H2,1-2H3,(H,12,16);3-8H2,1-2H3,(H,11,14);3-6H2,1-2H3. The Bertz CT molecular complexity index is 2250. The molecule has 100 heavy (non-hydrogen) atoms. The van der Waals surface area contributed by atoms with Crippen LogP contribution in [0, 0.1) is 0 Å². The highest BCUT2D eigenvalue weighted by Crippen LogP contribution is 2.09. The van der Waals surface area contributed by atoms with Crippen molar-refractivity contribution in [2.75, 3.05) is 284 Å². The second-order valence-corrected chi connectivity index (χ2v) is 25.6. The highest BCUT2D eigenvalue weighted by atomic mass is 16.5. The van der Waals surface area contributed by atoms with E-state index in [0.29, 0.717) is 72.1 Å². The van der Waals surface area contributed by atoms with Crippen LogP contribution in [0.15, 0.2) is 0 Å². The Morgan fingerprint density at radius 1 is 0.300 bits per heavy atom. The summed E-state index contributed by atoms with van der Waals surface area (Å²) in [5.74, 6) is 0.110. The number of hydrogen-bond donors (Lipinski definition) is 7. The van der Waals surface area contributed by atoms with E-state index < -0.39 is 0 Å². The molecule has 6 aliphatic heterocycles. The van der Waals surface area contributed by atoms with Crippen molar-refractivity contribution in [2.24, 2.45) is 0 Å². The van der Waals surface area contributed by atoms with Crippen LogP contribution >= 0.6 is 0 Å². The number of hydrogen-bond acceptors (Lipinski definition) is 22. The molecule has 32 nitrogen and oxygen atoms in total. The fourth-order valence-electron chi connectivity index (χ4n) is 11.3. The molecule has 6 aliphatic rings. The number of carbonyl (C=O) groups excluding carboxylic acids is 11. The van der Waals surface area contributed by atoms with Gasteiger partial charge in [-0.05, 0) is 79.0 Å². The molecule has 0 aromatic rings.